The summed E-state index contributed by atoms with van der Waals surface area (Å²) >= 11 is 0. The number of carbonyl (C=O) groups is 2. The number of amides is 2. The summed E-state index contributed by atoms with van der Waals surface area (Å²) < 4.78 is 10.8. The van der Waals surface area contributed by atoms with E-state index in [0.29, 0.717) is 36.7 Å². The van der Waals surface area contributed by atoms with Crippen LogP contribution < -0.4 is 20.5 Å². The summed E-state index contributed by atoms with van der Waals surface area (Å²) in [5.74, 6) is 0.593. The molecule has 0 bridgehead atoms. The second-order valence-corrected chi connectivity index (χ2v) is 7.37. The number of benzene rings is 1. The van der Waals surface area contributed by atoms with Gasteiger partial charge in [0.25, 0.3) is 11.8 Å². The van der Waals surface area contributed by atoms with E-state index < -0.39 is 0 Å². The quantitative estimate of drug-likeness (QED) is 0.729. The van der Waals surface area contributed by atoms with Gasteiger partial charge in [-0.15, -0.1) is 12.4 Å². The van der Waals surface area contributed by atoms with Crippen molar-refractivity contribution in [2.45, 2.75) is 33.2 Å². The number of nitrogens with zero attached hydrogens (tertiary/aromatic N) is 1. The zero-order valence-electron chi connectivity index (χ0n) is 16.4. The molecule has 3 N–H and O–H groups in total. The number of halogens is 1. The monoisotopic (exact) mass is 399 g/mol. The van der Waals surface area contributed by atoms with E-state index in [4.69, 9.17) is 15.2 Å². The Kier molecular flexibility index (Phi) is 8.37. The minimum absolute atomic E-state index is 0. The lowest BCUT2D eigenvalue weighted by atomic mass is 9.90. The Labute approximate surface area is 167 Å². The molecule has 1 fully saturated rings. The fraction of sp³-hybridized carbons (Fsp3) is 0.579. The molecule has 2 rings (SSSR count). The van der Waals surface area contributed by atoms with E-state index in [0.717, 1.165) is 6.42 Å². The highest BCUT2D eigenvalue weighted by Gasteiger charge is 2.35. The maximum atomic E-state index is 12.7. The predicted octanol–water partition coefficient (Wildman–Crippen LogP) is 1.83. The van der Waals surface area contributed by atoms with Crippen LogP contribution in [0.4, 0.5) is 0 Å². The van der Waals surface area contributed by atoms with Crippen molar-refractivity contribution in [2.24, 2.45) is 11.1 Å². The van der Waals surface area contributed by atoms with Crippen LogP contribution in [0.2, 0.25) is 0 Å². The minimum atomic E-state index is -0.208. The summed E-state index contributed by atoms with van der Waals surface area (Å²) in [4.78, 5) is 26.3. The number of carbonyl (C=O) groups excluding carboxylic acids is 2. The van der Waals surface area contributed by atoms with Crippen LogP contribution in [-0.4, -0.2) is 56.1 Å². The fourth-order valence-electron chi connectivity index (χ4n) is 2.97. The molecule has 27 heavy (non-hydrogen) atoms. The van der Waals surface area contributed by atoms with E-state index in [1.54, 1.807) is 18.2 Å². The van der Waals surface area contributed by atoms with Gasteiger partial charge in [0.1, 0.15) is 0 Å². The molecule has 1 aliphatic heterocycles. The van der Waals surface area contributed by atoms with Gasteiger partial charge in [-0.3, -0.25) is 9.59 Å². The van der Waals surface area contributed by atoms with Crippen molar-refractivity contribution in [3.63, 3.8) is 0 Å². The molecule has 0 saturated carbocycles. The van der Waals surface area contributed by atoms with Crippen LogP contribution in [0.1, 0.15) is 37.6 Å². The molecular weight excluding hydrogens is 370 g/mol. The first-order valence-electron chi connectivity index (χ1n) is 8.87. The molecule has 1 saturated heterocycles. The molecule has 0 aromatic heterocycles. The van der Waals surface area contributed by atoms with E-state index in [2.05, 4.69) is 12.2 Å². The molecule has 0 spiro atoms. The molecule has 1 atom stereocenters. The Morgan fingerprint density at radius 2 is 2.04 bits per heavy atom. The van der Waals surface area contributed by atoms with Gasteiger partial charge in [0.05, 0.1) is 7.11 Å². The van der Waals surface area contributed by atoms with E-state index >= 15 is 0 Å². The average Bonchev–Trinajstić information content (AvgIpc) is 3.01. The predicted molar refractivity (Wildman–Crippen MR) is 107 cm³/mol. The lowest BCUT2D eigenvalue weighted by Crippen LogP contribution is -2.34. The molecule has 152 valence electrons. The normalized spacial score (nSPS) is 18.8. The Morgan fingerprint density at radius 1 is 1.33 bits per heavy atom. The zero-order chi connectivity index (χ0) is 19.3. The van der Waals surface area contributed by atoms with Crippen molar-refractivity contribution in [1.82, 2.24) is 10.2 Å². The second kappa shape index (κ2) is 9.80. The standard InChI is InChI=1S/C19H29N3O4.ClH/c1-13(2)21-17(23)10-26-15-6-5-14(9-16(15)25-4)18(24)22-8-7-19(3,11-20)12-22;/h5-6,9,13H,7-8,10-12,20H2,1-4H3,(H,21,23);1H. The molecule has 2 amide bonds. The van der Waals surface area contributed by atoms with E-state index in [1.807, 2.05) is 18.7 Å². The van der Waals surface area contributed by atoms with Crippen LogP contribution >= 0.6 is 12.4 Å². The zero-order valence-corrected chi connectivity index (χ0v) is 17.2. The first-order chi connectivity index (χ1) is 12.3. The van der Waals surface area contributed by atoms with Crippen LogP contribution in [0, 0.1) is 5.41 Å². The summed E-state index contributed by atoms with van der Waals surface area (Å²) in [7, 11) is 1.51. The maximum Gasteiger partial charge on any atom is 0.258 e. The van der Waals surface area contributed by atoms with E-state index in [9.17, 15) is 9.59 Å². The number of hydrogen-bond acceptors (Lipinski definition) is 5. The lowest BCUT2D eigenvalue weighted by molar-refractivity contribution is -0.123. The van der Waals surface area contributed by atoms with E-state index in [-0.39, 0.29) is 42.3 Å². The smallest absolute Gasteiger partial charge is 0.258 e. The van der Waals surface area contributed by atoms with Crippen molar-refractivity contribution in [2.75, 3.05) is 33.4 Å². The Morgan fingerprint density at radius 3 is 2.59 bits per heavy atom. The molecule has 0 radical (unpaired) electrons. The van der Waals surface area contributed by atoms with Crippen LogP contribution in [0.15, 0.2) is 18.2 Å². The van der Waals surface area contributed by atoms with Crippen molar-refractivity contribution >= 4 is 24.2 Å². The molecule has 1 heterocycles. The molecule has 7 nitrogen and oxygen atoms in total. The van der Waals surface area contributed by atoms with Gasteiger partial charge >= 0.3 is 0 Å². The van der Waals surface area contributed by atoms with Gasteiger partial charge in [0, 0.05) is 24.7 Å². The average molecular weight is 400 g/mol. The number of likely N-dealkylation sites (tertiary alicyclic amines) is 1. The highest BCUT2D eigenvalue weighted by atomic mass is 35.5. The van der Waals surface area contributed by atoms with E-state index in [1.165, 1.54) is 7.11 Å². The third-order valence-electron chi connectivity index (χ3n) is 4.56. The fourth-order valence-corrected chi connectivity index (χ4v) is 2.97. The molecule has 1 unspecified atom stereocenters. The van der Waals surface area contributed by atoms with Crippen LogP contribution in [0.5, 0.6) is 11.5 Å². The van der Waals surface area contributed by atoms with Crippen molar-refractivity contribution < 1.29 is 19.1 Å². The molecule has 1 aliphatic rings. The second-order valence-electron chi connectivity index (χ2n) is 7.37. The number of hydrogen-bond donors (Lipinski definition) is 2. The van der Waals surface area contributed by atoms with Gasteiger partial charge in [0.2, 0.25) is 0 Å². The number of nitrogens with one attached hydrogen (secondary N) is 1. The van der Waals surface area contributed by atoms with Gasteiger partial charge in [-0.25, -0.2) is 0 Å². The minimum Gasteiger partial charge on any atom is -0.493 e. The molecular formula is C19H30ClN3O4. The highest BCUT2D eigenvalue weighted by Crippen LogP contribution is 2.32. The van der Waals surface area contributed by atoms with Crippen molar-refractivity contribution in [1.29, 1.82) is 0 Å². The van der Waals surface area contributed by atoms with Crippen molar-refractivity contribution in [3.8, 4) is 11.5 Å². The van der Waals surface area contributed by atoms with Gasteiger partial charge in [-0.05, 0) is 50.4 Å². The van der Waals surface area contributed by atoms with Gasteiger partial charge < -0.3 is 25.4 Å². The number of rotatable bonds is 7. The molecule has 0 aliphatic carbocycles. The first-order valence-corrected chi connectivity index (χ1v) is 8.87. The topological polar surface area (TPSA) is 93.9 Å². The SMILES string of the molecule is COc1cc(C(=O)N2CCC(C)(CN)C2)ccc1OCC(=O)NC(C)C.Cl. The van der Waals surface area contributed by atoms with Crippen LogP contribution in [0.25, 0.3) is 0 Å². The molecule has 1 aromatic rings. The highest BCUT2D eigenvalue weighted by molar-refractivity contribution is 5.95. The number of ether oxygens (including phenoxy) is 2. The van der Waals surface area contributed by atoms with Gasteiger partial charge in [-0.2, -0.15) is 0 Å². The Bertz CT molecular complexity index is 668. The summed E-state index contributed by atoms with van der Waals surface area (Å²) in [6.07, 6.45) is 0.901. The molecule has 8 heteroatoms. The lowest BCUT2D eigenvalue weighted by Gasteiger charge is -2.23. The summed E-state index contributed by atoms with van der Waals surface area (Å²) in [5.41, 5.74) is 6.32. The van der Waals surface area contributed by atoms with Crippen LogP contribution in [0.3, 0.4) is 0 Å². The van der Waals surface area contributed by atoms with Gasteiger partial charge in [-0.1, -0.05) is 6.92 Å². The first kappa shape index (κ1) is 23.0. The third kappa shape index (κ3) is 6.01. The largest absolute Gasteiger partial charge is 0.493 e. The molecule has 1 aromatic carbocycles. The van der Waals surface area contributed by atoms with Crippen molar-refractivity contribution in [3.05, 3.63) is 23.8 Å². The summed E-state index contributed by atoms with van der Waals surface area (Å²) in [6.45, 7) is 7.66. The Balaban J connectivity index is 0.00000364. The number of methoxy groups -OCH3 is 1. The summed E-state index contributed by atoms with van der Waals surface area (Å²) in [5, 5.41) is 2.75. The number of nitrogens with two attached hydrogens (primary N) is 1. The summed E-state index contributed by atoms with van der Waals surface area (Å²) in [6, 6.07) is 5.05. The maximum absolute atomic E-state index is 12.7. The van der Waals surface area contributed by atoms with Gasteiger partial charge in [0.15, 0.2) is 18.1 Å². The Hall–Kier alpha value is -1.99. The van der Waals surface area contributed by atoms with Crippen LogP contribution in [-0.2, 0) is 4.79 Å². The third-order valence-corrected chi connectivity index (χ3v) is 4.56.